The first kappa shape index (κ1) is 43.4. The highest BCUT2D eigenvalue weighted by Crippen LogP contribution is 2.61. The summed E-state index contributed by atoms with van der Waals surface area (Å²) in [6.07, 6.45) is 2.89. The molecular weight excluding hydrogens is 822 g/mol. The minimum atomic E-state index is -1.70. The zero-order chi connectivity index (χ0) is 42.7. The highest BCUT2D eigenvalue weighted by Gasteiger charge is 2.63. The third-order valence-electron chi connectivity index (χ3n) is 12.7. The van der Waals surface area contributed by atoms with E-state index >= 15 is 0 Å². The summed E-state index contributed by atoms with van der Waals surface area (Å²) in [4.78, 5) is 53.1. The van der Waals surface area contributed by atoms with E-state index < -0.39 is 46.1 Å². The number of hydrogen-bond donors (Lipinski definition) is 2. The maximum absolute atomic E-state index is 13.3. The molecule has 2 aromatic rings. The van der Waals surface area contributed by atoms with Gasteiger partial charge in [0.25, 0.3) is 0 Å². The lowest BCUT2D eigenvalue weighted by Gasteiger charge is -2.53. The highest BCUT2D eigenvalue weighted by molar-refractivity contribution is 6.37. The monoisotopic (exact) mass is 872 g/mol. The van der Waals surface area contributed by atoms with Crippen LogP contribution in [0.3, 0.4) is 0 Å². The van der Waals surface area contributed by atoms with E-state index in [1.807, 2.05) is 55.4 Å². The van der Waals surface area contributed by atoms with Gasteiger partial charge in [-0.3, -0.25) is 19.2 Å². The maximum Gasteiger partial charge on any atom is 0.218 e. The average molecular weight is 875 g/mol. The molecule has 2 heterocycles. The minimum absolute atomic E-state index is 0.0723. The van der Waals surface area contributed by atoms with Crippen molar-refractivity contribution in [2.75, 3.05) is 0 Å². The minimum Gasteiger partial charge on any atom is -0.466 e. The molecule has 2 aromatic carbocycles. The van der Waals surface area contributed by atoms with E-state index in [4.69, 9.17) is 55.9 Å². The van der Waals surface area contributed by atoms with Crippen LogP contribution in [0.1, 0.15) is 130 Å². The van der Waals surface area contributed by atoms with Crippen molar-refractivity contribution in [3.8, 4) is 0 Å². The van der Waals surface area contributed by atoms with Crippen LogP contribution >= 0.6 is 46.4 Å². The van der Waals surface area contributed by atoms with Crippen molar-refractivity contribution in [1.29, 1.82) is 0 Å². The molecule has 6 aliphatic rings. The van der Waals surface area contributed by atoms with Gasteiger partial charge in [0.2, 0.25) is 11.6 Å². The molecule has 4 aliphatic carbocycles. The second kappa shape index (κ2) is 14.4. The first-order chi connectivity index (χ1) is 26.7. The normalized spacial score (nSPS) is 33.1. The molecule has 312 valence electrons. The van der Waals surface area contributed by atoms with Crippen LogP contribution in [0, 0.1) is 33.5 Å². The molecule has 0 radical (unpaired) electrons. The Balaban J connectivity index is 0.000000177. The van der Waals surface area contributed by atoms with Gasteiger partial charge in [-0.1, -0.05) is 114 Å². The third-order valence-corrected chi connectivity index (χ3v) is 14.0. The average Bonchev–Trinajstić information content (AvgIpc) is 3.00. The summed E-state index contributed by atoms with van der Waals surface area (Å²) in [5.74, 6) is -6.12. The first-order valence-corrected chi connectivity index (χ1v) is 21.5. The Morgan fingerprint density at radius 3 is 1.12 bits per heavy atom. The van der Waals surface area contributed by atoms with Gasteiger partial charge >= 0.3 is 0 Å². The molecule has 0 saturated heterocycles. The predicted octanol–water partition coefficient (Wildman–Crippen LogP) is 10.9. The molecule has 2 N–H and O–H groups in total. The fraction of sp³-hybridized carbons (Fsp3) is 0.565. The van der Waals surface area contributed by atoms with Crippen molar-refractivity contribution in [2.24, 2.45) is 33.5 Å². The SMILES string of the molecule is CC1(C)CC(=O)C2=C(C1)O[C@@]1(O)CC(C)(C)CC(=O)[C@H]1[C@@H]2c1c(Cl)cccc1Cl.CC1(C)CC(=O)C2=C(C1)O[C@]1(O)CC(C)(C)CC(=O)[C@H]1[C@@H]2c1c(Cl)cccc1Cl. The molecule has 2 aliphatic heterocycles. The van der Waals surface area contributed by atoms with Crippen LogP contribution in [-0.2, 0) is 28.7 Å². The summed E-state index contributed by atoms with van der Waals surface area (Å²) >= 11 is 26.1. The number of carbonyl (C=O) groups excluding carboxylic acids is 4. The second-order valence-corrected chi connectivity index (χ2v) is 22.2. The van der Waals surface area contributed by atoms with E-state index in [0.717, 1.165) is 0 Å². The molecule has 2 saturated carbocycles. The van der Waals surface area contributed by atoms with Gasteiger partial charge in [-0.2, -0.15) is 0 Å². The van der Waals surface area contributed by atoms with Crippen LogP contribution in [0.25, 0.3) is 0 Å². The molecule has 58 heavy (non-hydrogen) atoms. The van der Waals surface area contributed by atoms with Crippen molar-refractivity contribution in [3.05, 3.63) is 90.3 Å². The van der Waals surface area contributed by atoms with E-state index in [2.05, 4.69) is 0 Å². The fourth-order valence-corrected chi connectivity index (χ4v) is 12.2. The first-order valence-electron chi connectivity index (χ1n) is 20.0. The van der Waals surface area contributed by atoms with E-state index in [0.29, 0.717) is 105 Å². The number of ether oxygens (including phenoxy) is 2. The molecule has 0 spiro atoms. The number of hydrogen-bond acceptors (Lipinski definition) is 8. The molecule has 0 unspecified atom stereocenters. The number of rotatable bonds is 2. The number of fused-ring (bicyclic) bond motifs is 2. The number of allylic oxidation sites excluding steroid dienone is 4. The molecular formula is C46H52Cl4O8. The van der Waals surface area contributed by atoms with Gasteiger partial charge in [0.15, 0.2) is 11.6 Å². The van der Waals surface area contributed by atoms with E-state index in [1.54, 1.807) is 36.4 Å². The van der Waals surface area contributed by atoms with E-state index in [-0.39, 0.29) is 34.0 Å². The third kappa shape index (κ3) is 7.73. The van der Waals surface area contributed by atoms with Crippen LogP contribution in [0.2, 0.25) is 20.1 Å². The quantitative estimate of drug-likeness (QED) is 0.305. The number of ketones is 4. The molecule has 0 amide bonds. The maximum atomic E-state index is 13.3. The molecule has 0 bridgehead atoms. The largest absolute Gasteiger partial charge is 0.466 e. The van der Waals surface area contributed by atoms with Crippen molar-refractivity contribution in [1.82, 2.24) is 0 Å². The number of carbonyl (C=O) groups is 4. The van der Waals surface area contributed by atoms with Gasteiger partial charge in [-0.15, -0.1) is 0 Å². The number of Topliss-reactive ketones (excluding diaryl/α,β-unsaturated/α-hetero) is 4. The van der Waals surface area contributed by atoms with Gasteiger partial charge in [0.05, 0.1) is 11.8 Å². The zero-order valence-corrected chi connectivity index (χ0v) is 37.3. The Hall–Kier alpha value is -2.72. The molecule has 6 atom stereocenters. The van der Waals surface area contributed by atoms with Gasteiger partial charge in [0, 0.05) is 94.4 Å². The summed E-state index contributed by atoms with van der Waals surface area (Å²) in [5, 5.41) is 24.8. The Kier molecular flexibility index (Phi) is 10.8. The Morgan fingerprint density at radius 1 is 0.500 bits per heavy atom. The van der Waals surface area contributed by atoms with E-state index in [1.165, 1.54) is 0 Å². The summed E-state index contributed by atoms with van der Waals surface area (Å²) < 4.78 is 12.3. The topological polar surface area (TPSA) is 127 Å². The summed E-state index contributed by atoms with van der Waals surface area (Å²) in [6, 6.07) is 10.3. The Morgan fingerprint density at radius 2 is 0.810 bits per heavy atom. The van der Waals surface area contributed by atoms with Crippen LogP contribution < -0.4 is 0 Å². The summed E-state index contributed by atoms with van der Waals surface area (Å²) in [5.41, 5.74) is 0.536. The summed E-state index contributed by atoms with van der Waals surface area (Å²) in [6.45, 7) is 15.8. The van der Waals surface area contributed by atoms with Crippen LogP contribution in [0.5, 0.6) is 0 Å². The Bertz CT molecular complexity index is 2010. The van der Waals surface area contributed by atoms with Crippen LogP contribution in [0.15, 0.2) is 59.1 Å². The molecule has 8 nitrogen and oxygen atoms in total. The predicted molar refractivity (Wildman–Crippen MR) is 224 cm³/mol. The molecule has 8 rings (SSSR count). The standard InChI is InChI=1S/2C23H26Cl2O4/c2*1-21(2)8-14(26)18-16(10-21)29-23(28)11-22(3,4)9-15(27)20(23)19(18)17-12(24)6-5-7-13(17)25/h2*5-7,19-20,28H,8-11H2,1-4H3/t19-,20+,23+;19-,20+,23-/m11/s1. The lowest BCUT2D eigenvalue weighted by molar-refractivity contribution is -0.254. The van der Waals surface area contributed by atoms with Gasteiger partial charge in [-0.25, -0.2) is 0 Å². The lowest BCUT2D eigenvalue weighted by Crippen LogP contribution is -2.58. The van der Waals surface area contributed by atoms with Crippen LogP contribution in [-0.4, -0.2) is 44.9 Å². The fourth-order valence-electron chi connectivity index (χ4n) is 10.9. The van der Waals surface area contributed by atoms with Gasteiger partial charge in [0.1, 0.15) is 23.1 Å². The van der Waals surface area contributed by atoms with Crippen molar-refractivity contribution in [3.63, 3.8) is 0 Å². The van der Waals surface area contributed by atoms with Crippen molar-refractivity contribution < 1.29 is 38.9 Å². The number of benzene rings is 2. The number of halogens is 4. The molecule has 2 fully saturated rings. The highest BCUT2D eigenvalue weighted by atomic mass is 35.5. The van der Waals surface area contributed by atoms with Gasteiger partial charge in [-0.05, 0) is 57.1 Å². The molecule has 12 heteroatoms. The van der Waals surface area contributed by atoms with Crippen molar-refractivity contribution >= 4 is 69.5 Å². The van der Waals surface area contributed by atoms with E-state index in [9.17, 15) is 29.4 Å². The van der Waals surface area contributed by atoms with Crippen LogP contribution in [0.4, 0.5) is 0 Å². The Labute approximate surface area is 360 Å². The number of aliphatic hydroxyl groups is 2. The summed E-state index contributed by atoms with van der Waals surface area (Å²) in [7, 11) is 0. The van der Waals surface area contributed by atoms with Gasteiger partial charge < -0.3 is 19.7 Å². The lowest BCUT2D eigenvalue weighted by atomic mass is 9.59. The zero-order valence-electron chi connectivity index (χ0n) is 34.3. The van der Waals surface area contributed by atoms with Crippen molar-refractivity contribution in [2.45, 2.75) is 130 Å². The molecule has 0 aromatic heterocycles. The smallest absolute Gasteiger partial charge is 0.218 e. The second-order valence-electron chi connectivity index (χ2n) is 20.6.